The van der Waals surface area contributed by atoms with Crippen molar-refractivity contribution in [2.24, 2.45) is 0 Å². The molecule has 4 rings (SSSR count). The average Bonchev–Trinajstić information content (AvgIpc) is 3.29. The first-order valence-electron chi connectivity index (χ1n) is 8.25. The molecule has 0 aliphatic heterocycles. The van der Waals surface area contributed by atoms with Crippen molar-refractivity contribution in [1.82, 2.24) is 30.4 Å². The van der Waals surface area contributed by atoms with Crippen LogP contribution in [0, 0.1) is 5.82 Å². The number of hydrogen-bond donors (Lipinski definition) is 1. The third-order valence-corrected chi connectivity index (χ3v) is 4.44. The molecule has 1 N–H and O–H groups in total. The van der Waals surface area contributed by atoms with Crippen molar-refractivity contribution in [2.75, 3.05) is 0 Å². The summed E-state index contributed by atoms with van der Waals surface area (Å²) in [5.41, 5.74) is 0.0212. The summed E-state index contributed by atoms with van der Waals surface area (Å²) in [6.45, 7) is -0.0709. The maximum atomic E-state index is 14.2. The van der Waals surface area contributed by atoms with Crippen molar-refractivity contribution in [3.8, 4) is 0 Å². The van der Waals surface area contributed by atoms with E-state index in [-0.39, 0.29) is 22.6 Å². The molecule has 0 saturated carbocycles. The molecule has 0 aliphatic rings. The Hall–Kier alpha value is -3.27. The minimum absolute atomic E-state index is 0.0709. The summed E-state index contributed by atoms with van der Waals surface area (Å²) in [5, 5.41) is 18.2. The average molecular weight is 423 g/mol. The molecule has 0 fully saturated rings. The van der Waals surface area contributed by atoms with E-state index in [1.165, 1.54) is 29.0 Å². The van der Waals surface area contributed by atoms with Gasteiger partial charge in [0.15, 0.2) is 5.82 Å². The van der Waals surface area contributed by atoms with E-state index in [9.17, 15) is 17.6 Å². The Labute approximate surface area is 165 Å². The smallest absolute Gasteiger partial charge is 0.260 e. The number of fused-ring (bicyclic) bond motifs is 1. The zero-order chi connectivity index (χ0) is 20.6. The third-order valence-electron chi connectivity index (χ3n) is 4.20. The predicted octanol–water partition coefficient (Wildman–Crippen LogP) is 4.58. The quantitative estimate of drug-likeness (QED) is 0.489. The first-order chi connectivity index (χ1) is 13.8. The van der Waals surface area contributed by atoms with Crippen molar-refractivity contribution in [3.05, 3.63) is 69.9 Å². The van der Waals surface area contributed by atoms with Crippen LogP contribution in [0.3, 0.4) is 0 Å². The van der Waals surface area contributed by atoms with Crippen molar-refractivity contribution in [3.63, 3.8) is 0 Å². The molecule has 6 nitrogen and oxygen atoms in total. The summed E-state index contributed by atoms with van der Waals surface area (Å²) in [4.78, 5) is 0. The van der Waals surface area contributed by atoms with E-state index in [1.807, 2.05) is 0 Å². The van der Waals surface area contributed by atoms with Gasteiger partial charge in [-0.15, -0.1) is 5.10 Å². The highest BCUT2D eigenvalue weighted by atomic mass is 35.5. The maximum Gasteiger partial charge on any atom is 0.416 e. The molecule has 2 aromatic carbocycles. The van der Waals surface area contributed by atoms with Gasteiger partial charge in [-0.25, -0.2) is 9.49 Å². The summed E-state index contributed by atoms with van der Waals surface area (Å²) in [6.07, 6.45) is -1.42. The Bertz CT molecular complexity index is 1200. The van der Waals surface area contributed by atoms with Crippen LogP contribution < -0.4 is 0 Å². The summed E-state index contributed by atoms with van der Waals surface area (Å²) < 4.78 is 55.1. The summed E-state index contributed by atoms with van der Waals surface area (Å²) in [7, 11) is 0. The van der Waals surface area contributed by atoms with Gasteiger partial charge < -0.3 is 0 Å². The number of aromatic nitrogens is 6. The van der Waals surface area contributed by atoms with E-state index in [2.05, 4.69) is 25.7 Å². The normalized spacial score (nSPS) is 12.3. The van der Waals surface area contributed by atoms with Crippen LogP contribution in [-0.2, 0) is 12.7 Å². The van der Waals surface area contributed by atoms with Crippen molar-refractivity contribution >= 4 is 34.7 Å². The number of aromatic amines is 1. The Morgan fingerprint density at radius 1 is 1.10 bits per heavy atom. The van der Waals surface area contributed by atoms with Gasteiger partial charge >= 0.3 is 6.18 Å². The first kappa shape index (κ1) is 19.1. The third kappa shape index (κ3) is 3.97. The van der Waals surface area contributed by atoms with Gasteiger partial charge in [0.05, 0.1) is 23.3 Å². The van der Waals surface area contributed by atoms with Crippen LogP contribution >= 0.6 is 11.6 Å². The lowest BCUT2D eigenvalue weighted by molar-refractivity contribution is -0.137. The topological polar surface area (TPSA) is 72.3 Å². The van der Waals surface area contributed by atoms with Crippen LogP contribution in [0.2, 0.25) is 5.02 Å². The number of halogens is 5. The Morgan fingerprint density at radius 2 is 1.93 bits per heavy atom. The Balaban J connectivity index is 1.82. The molecule has 148 valence electrons. The molecule has 0 aliphatic carbocycles. The molecule has 0 radical (unpaired) electrons. The minimum atomic E-state index is -4.52. The van der Waals surface area contributed by atoms with Crippen molar-refractivity contribution < 1.29 is 17.6 Å². The molecule has 0 unspecified atom stereocenters. The first-order valence-corrected chi connectivity index (χ1v) is 8.62. The zero-order valence-corrected chi connectivity index (χ0v) is 15.2. The van der Waals surface area contributed by atoms with Crippen LogP contribution in [-0.4, -0.2) is 30.4 Å². The molecular formula is C18H11ClF4N6. The van der Waals surface area contributed by atoms with E-state index in [0.717, 1.165) is 18.2 Å². The summed E-state index contributed by atoms with van der Waals surface area (Å²) in [6, 6.07) is 7.41. The van der Waals surface area contributed by atoms with Gasteiger partial charge in [-0.3, -0.25) is 4.68 Å². The fourth-order valence-corrected chi connectivity index (χ4v) is 2.98. The van der Waals surface area contributed by atoms with Gasteiger partial charge in [0, 0.05) is 16.0 Å². The number of nitrogens with one attached hydrogen (secondary N) is 1. The molecule has 11 heteroatoms. The Kier molecular flexibility index (Phi) is 4.79. The number of tetrazole rings is 1. The highest BCUT2D eigenvalue weighted by Crippen LogP contribution is 2.33. The van der Waals surface area contributed by atoms with Gasteiger partial charge in [-0.1, -0.05) is 17.7 Å². The lowest BCUT2D eigenvalue weighted by Gasteiger charge is -2.09. The van der Waals surface area contributed by atoms with Crippen molar-refractivity contribution in [1.29, 1.82) is 0 Å². The number of alkyl halides is 3. The monoisotopic (exact) mass is 422 g/mol. The van der Waals surface area contributed by atoms with Gasteiger partial charge in [-0.2, -0.15) is 18.3 Å². The van der Waals surface area contributed by atoms with E-state index >= 15 is 0 Å². The van der Waals surface area contributed by atoms with Crippen LogP contribution in [0.25, 0.3) is 23.1 Å². The predicted molar refractivity (Wildman–Crippen MR) is 98.4 cm³/mol. The zero-order valence-electron chi connectivity index (χ0n) is 14.5. The van der Waals surface area contributed by atoms with Gasteiger partial charge in [-0.05, 0) is 52.9 Å². The minimum Gasteiger partial charge on any atom is -0.260 e. The van der Waals surface area contributed by atoms with E-state index in [4.69, 9.17) is 11.6 Å². The molecule has 0 atom stereocenters. The molecule has 2 heterocycles. The maximum absolute atomic E-state index is 14.2. The number of nitrogens with zero attached hydrogens (tertiary/aromatic N) is 5. The van der Waals surface area contributed by atoms with Gasteiger partial charge in [0.2, 0.25) is 0 Å². The summed E-state index contributed by atoms with van der Waals surface area (Å²) >= 11 is 5.76. The SMILES string of the molecule is Fc1cc(Cl)ccc1Cn1nc(C=Cc2nnn[nH]2)c2ccc(C(F)(F)F)cc21. The second-order valence-corrected chi connectivity index (χ2v) is 6.56. The summed E-state index contributed by atoms with van der Waals surface area (Å²) in [5.74, 6) is -0.221. The number of rotatable bonds is 4. The lowest BCUT2D eigenvalue weighted by Crippen LogP contribution is -2.07. The van der Waals surface area contributed by atoms with Crippen LogP contribution in [0.5, 0.6) is 0 Å². The molecule has 0 bridgehead atoms. The number of benzene rings is 2. The van der Waals surface area contributed by atoms with Crippen molar-refractivity contribution in [2.45, 2.75) is 12.7 Å². The number of H-pyrrole nitrogens is 1. The lowest BCUT2D eigenvalue weighted by atomic mass is 10.1. The molecule has 4 aromatic rings. The molecule has 0 saturated heterocycles. The molecular weight excluding hydrogens is 412 g/mol. The van der Waals surface area contributed by atoms with E-state index in [1.54, 1.807) is 6.08 Å². The molecule has 29 heavy (non-hydrogen) atoms. The van der Waals surface area contributed by atoms with Gasteiger partial charge in [0.25, 0.3) is 0 Å². The highest BCUT2D eigenvalue weighted by Gasteiger charge is 2.31. The van der Waals surface area contributed by atoms with Crippen LogP contribution in [0.1, 0.15) is 22.6 Å². The van der Waals surface area contributed by atoms with Crippen LogP contribution in [0.15, 0.2) is 36.4 Å². The van der Waals surface area contributed by atoms with Crippen LogP contribution in [0.4, 0.5) is 17.6 Å². The second-order valence-electron chi connectivity index (χ2n) is 6.13. The van der Waals surface area contributed by atoms with E-state index < -0.39 is 17.6 Å². The fourth-order valence-electron chi connectivity index (χ4n) is 2.83. The highest BCUT2D eigenvalue weighted by molar-refractivity contribution is 6.30. The molecule has 0 spiro atoms. The Morgan fingerprint density at radius 3 is 2.62 bits per heavy atom. The largest absolute Gasteiger partial charge is 0.416 e. The van der Waals surface area contributed by atoms with Gasteiger partial charge in [0.1, 0.15) is 5.82 Å². The standard InChI is InChI=1S/C18H11ClF4N6/c19-12-3-1-10(14(20)8-12)9-29-16-7-11(18(21,22)23)2-4-13(16)15(26-29)5-6-17-24-27-28-25-17/h1-8H,9H2,(H,24,25,27,28). The van der Waals surface area contributed by atoms with E-state index in [0.29, 0.717) is 16.9 Å². The second kappa shape index (κ2) is 7.28. The molecule has 0 amide bonds. The molecule has 2 aromatic heterocycles. The fraction of sp³-hybridized carbons (Fsp3) is 0.111. The number of hydrogen-bond acceptors (Lipinski definition) is 4.